The standard InChI is InChI=1S/C60H36N6O2/c1-3-11-47(12-4-1)67-49-33-43(51-25-21-39-17-15-37-9-7-29-61-55(37)57(39)63-51)31-45(35-49)53-27-23-41-19-20-42-24-28-54(66-60(42)59(41)65-53)46-32-44(34-50(36-46)68-48-13-5-2-6-14-48)52-26-22-40-18-16-38-10-8-30-62-56(38)58(40)64-52/h1-36H. The summed E-state index contributed by atoms with van der Waals surface area (Å²) in [4.78, 5) is 30.6. The molecule has 0 N–H and O–H groups in total. The van der Waals surface area contributed by atoms with Crippen LogP contribution < -0.4 is 9.47 Å². The average Bonchev–Trinajstić information content (AvgIpc) is 3.40. The summed E-state index contributed by atoms with van der Waals surface area (Å²) in [6.45, 7) is 0. The van der Waals surface area contributed by atoms with Gasteiger partial charge in [-0.15, -0.1) is 0 Å². The van der Waals surface area contributed by atoms with Gasteiger partial charge < -0.3 is 9.47 Å². The van der Waals surface area contributed by atoms with E-state index in [0.29, 0.717) is 11.5 Å². The van der Waals surface area contributed by atoms with Crippen LogP contribution in [0.2, 0.25) is 0 Å². The molecule has 0 unspecified atom stereocenters. The Morgan fingerprint density at radius 1 is 0.235 bits per heavy atom. The normalized spacial score (nSPS) is 11.5. The van der Waals surface area contributed by atoms with Crippen molar-refractivity contribution in [2.45, 2.75) is 0 Å². The van der Waals surface area contributed by atoms with Crippen LogP contribution in [0.25, 0.3) is 110 Å². The molecular formula is C60H36N6O2. The van der Waals surface area contributed by atoms with Gasteiger partial charge in [0.05, 0.1) is 55.9 Å². The Bertz CT molecular complexity index is 3840. The van der Waals surface area contributed by atoms with Crippen LogP contribution in [0.5, 0.6) is 23.0 Å². The quantitative estimate of drug-likeness (QED) is 0.139. The van der Waals surface area contributed by atoms with Gasteiger partial charge >= 0.3 is 0 Å². The van der Waals surface area contributed by atoms with Gasteiger partial charge in [0, 0.05) is 67.0 Å². The second-order valence-corrected chi connectivity index (χ2v) is 16.7. The molecule has 0 aliphatic carbocycles. The molecule has 6 aromatic heterocycles. The van der Waals surface area contributed by atoms with Gasteiger partial charge in [0.1, 0.15) is 23.0 Å². The van der Waals surface area contributed by atoms with E-state index in [-0.39, 0.29) is 0 Å². The number of aromatic nitrogens is 6. The molecule has 13 rings (SSSR count). The van der Waals surface area contributed by atoms with Gasteiger partial charge in [-0.1, -0.05) is 109 Å². The lowest BCUT2D eigenvalue weighted by atomic mass is 10.0. The number of ether oxygens (including phenoxy) is 2. The minimum Gasteiger partial charge on any atom is -0.457 e. The van der Waals surface area contributed by atoms with E-state index in [0.717, 1.165) is 122 Å². The van der Waals surface area contributed by atoms with Crippen molar-refractivity contribution in [1.82, 2.24) is 29.9 Å². The maximum atomic E-state index is 6.51. The highest BCUT2D eigenvalue weighted by Gasteiger charge is 2.16. The Labute approximate surface area is 389 Å². The number of para-hydroxylation sites is 2. The Morgan fingerprint density at radius 3 is 0.868 bits per heavy atom. The van der Waals surface area contributed by atoms with Crippen LogP contribution in [-0.4, -0.2) is 29.9 Å². The van der Waals surface area contributed by atoms with Gasteiger partial charge in [0.15, 0.2) is 0 Å². The third-order valence-electron chi connectivity index (χ3n) is 12.3. The van der Waals surface area contributed by atoms with Crippen molar-refractivity contribution in [3.63, 3.8) is 0 Å². The van der Waals surface area contributed by atoms with E-state index in [1.807, 2.05) is 109 Å². The van der Waals surface area contributed by atoms with Crippen molar-refractivity contribution in [3.8, 4) is 68.0 Å². The van der Waals surface area contributed by atoms with Crippen LogP contribution in [-0.2, 0) is 0 Å². The fraction of sp³-hybridized carbons (Fsp3) is 0. The zero-order chi connectivity index (χ0) is 45.0. The monoisotopic (exact) mass is 872 g/mol. The number of benzene rings is 7. The molecule has 68 heavy (non-hydrogen) atoms. The van der Waals surface area contributed by atoms with E-state index >= 15 is 0 Å². The van der Waals surface area contributed by atoms with Crippen molar-refractivity contribution in [1.29, 1.82) is 0 Å². The summed E-state index contributed by atoms with van der Waals surface area (Å²) in [5.41, 5.74) is 11.7. The van der Waals surface area contributed by atoms with Gasteiger partial charge in [0.25, 0.3) is 0 Å². The van der Waals surface area contributed by atoms with E-state index < -0.39 is 0 Å². The SMILES string of the molecule is c1ccc(Oc2cc(-c3ccc4ccc5cccnc5c4n3)cc(-c3ccc4ccc5ccc(-c6cc(Oc7ccccc7)cc(-c7ccc8ccc9cccnc9c8n7)c6)nc5c4n3)c2)cc1. The molecule has 8 nitrogen and oxygen atoms in total. The van der Waals surface area contributed by atoms with Crippen molar-refractivity contribution in [3.05, 3.63) is 219 Å². The molecule has 0 bridgehead atoms. The fourth-order valence-corrected chi connectivity index (χ4v) is 9.01. The maximum Gasteiger partial charge on any atom is 0.128 e. The number of rotatable bonds is 8. The molecule has 8 heteroatoms. The van der Waals surface area contributed by atoms with Crippen molar-refractivity contribution in [2.24, 2.45) is 0 Å². The highest BCUT2D eigenvalue weighted by Crippen LogP contribution is 2.38. The Balaban J connectivity index is 0.946. The van der Waals surface area contributed by atoms with Crippen LogP contribution in [0.4, 0.5) is 0 Å². The fourth-order valence-electron chi connectivity index (χ4n) is 9.01. The lowest BCUT2D eigenvalue weighted by Gasteiger charge is -2.13. The largest absolute Gasteiger partial charge is 0.457 e. The van der Waals surface area contributed by atoms with Crippen LogP contribution in [0.3, 0.4) is 0 Å². The summed E-state index contributed by atoms with van der Waals surface area (Å²) in [5.74, 6) is 2.80. The Kier molecular flexibility index (Phi) is 9.31. The lowest BCUT2D eigenvalue weighted by Crippen LogP contribution is -1.94. The van der Waals surface area contributed by atoms with Gasteiger partial charge in [-0.3, -0.25) is 9.97 Å². The molecule has 0 saturated carbocycles. The van der Waals surface area contributed by atoms with Crippen LogP contribution in [0, 0.1) is 0 Å². The summed E-state index contributed by atoms with van der Waals surface area (Å²) in [6, 6.07) is 69.2. The zero-order valence-corrected chi connectivity index (χ0v) is 36.3. The summed E-state index contributed by atoms with van der Waals surface area (Å²) in [7, 11) is 0. The second-order valence-electron chi connectivity index (χ2n) is 16.7. The molecule has 0 amide bonds. The summed E-state index contributed by atoms with van der Waals surface area (Å²) in [5, 5.41) is 6.07. The molecule has 0 spiro atoms. The van der Waals surface area contributed by atoms with E-state index in [9.17, 15) is 0 Å². The first-order valence-electron chi connectivity index (χ1n) is 22.4. The Morgan fingerprint density at radius 2 is 0.529 bits per heavy atom. The number of hydrogen-bond acceptors (Lipinski definition) is 8. The minimum atomic E-state index is 0.667. The van der Waals surface area contributed by atoms with Crippen LogP contribution >= 0.6 is 0 Å². The smallest absolute Gasteiger partial charge is 0.128 e. The van der Waals surface area contributed by atoms with Gasteiger partial charge in [0.2, 0.25) is 0 Å². The predicted octanol–water partition coefficient (Wildman–Crippen LogP) is 15.2. The van der Waals surface area contributed by atoms with Crippen LogP contribution in [0.1, 0.15) is 0 Å². The average molecular weight is 873 g/mol. The zero-order valence-electron chi connectivity index (χ0n) is 36.3. The molecule has 6 heterocycles. The number of hydrogen-bond donors (Lipinski definition) is 0. The highest BCUT2D eigenvalue weighted by atomic mass is 16.5. The molecule has 318 valence electrons. The topological polar surface area (TPSA) is 95.8 Å². The summed E-state index contributed by atoms with van der Waals surface area (Å²) < 4.78 is 13.0. The number of nitrogens with zero attached hydrogens (tertiary/aromatic N) is 6. The van der Waals surface area contributed by atoms with E-state index in [2.05, 4.69) is 109 Å². The highest BCUT2D eigenvalue weighted by molar-refractivity contribution is 6.06. The van der Waals surface area contributed by atoms with Gasteiger partial charge in [-0.05, 0) is 97.1 Å². The Hall–Kier alpha value is -9.40. The molecule has 0 aliphatic heterocycles. The first-order chi connectivity index (χ1) is 33.6. The number of pyridine rings is 6. The summed E-state index contributed by atoms with van der Waals surface area (Å²) >= 11 is 0. The maximum absolute atomic E-state index is 6.51. The second kappa shape index (κ2) is 16.2. The lowest BCUT2D eigenvalue weighted by molar-refractivity contribution is 0.483. The molecule has 0 radical (unpaired) electrons. The van der Waals surface area contributed by atoms with E-state index in [1.54, 1.807) is 0 Å². The minimum absolute atomic E-state index is 0.667. The number of fused-ring (bicyclic) bond motifs is 9. The molecule has 13 aromatic rings. The van der Waals surface area contributed by atoms with Crippen molar-refractivity contribution >= 4 is 65.4 Å². The van der Waals surface area contributed by atoms with Gasteiger partial charge in [-0.2, -0.15) is 0 Å². The molecule has 0 saturated heterocycles. The third kappa shape index (κ3) is 7.23. The summed E-state index contributed by atoms with van der Waals surface area (Å²) in [6.07, 6.45) is 3.63. The van der Waals surface area contributed by atoms with E-state index in [4.69, 9.17) is 39.4 Å². The molecule has 0 aliphatic rings. The molecular weight excluding hydrogens is 837 g/mol. The molecule has 7 aromatic carbocycles. The predicted molar refractivity (Wildman–Crippen MR) is 273 cm³/mol. The molecule has 0 fully saturated rings. The van der Waals surface area contributed by atoms with Crippen molar-refractivity contribution in [2.75, 3.05) is 0 Å². The van der Waals surface area contributed by atoms with E-state index in [1.165, 1.54) is 0 Å². The van der Waals surface area contributed by atoms with Gasteiger partial charge in [-0.25, -0.2) is 19.9 Å². The third-order valence-corrected chi connectivity index (χ3v) is 12.3. The van der Waals surface area contributed by atoms with Crippen molar-refractivity contribution < 1.29 is 9.47 Å². The first-order valence-corrected chi connectivity index (χ1v) is 22.4. The van der Waals surface area contributed by atoms with Crippen LogP contribution in [0.15, 0.2) is 219 Å². The molecule has 0 atom stereocenters. The first kappa shape index (κ1) is 39.0.